The van der Waals surface area contributed by atoms with E-state index in [-0.39, 0.29) is 0 Å². The predicted octanol–water partition coefficient (Wildman–Crippen LogP) is 4.97. The molecule has 0 radical (unpaired) electrons. The van der Waals surface area contributed by atoms with Gasteiger partial charge < -0.3 is 4.74 Å². The van der Waals surface area contributed by atoms with Crippen LogP contribution in [0.4, 0.5) is 0 Å². The van der Waals surface area contributed by atoms with Crippen LogP contribution < -0.4 is 4.74 Å². The van der Waals surface area contributed by atoms with Crippen molar-refractivity contribution < 1.29 is 4.74 Å². The maximum atomic E-state index is 6.17. The molecule has 0 aliphatic heterocycles. The molecule has 0 bridgehead atoms. The number of hydrogen-bond acceptors (Lipinski definition) is 1. The van der Waals surface area contributed by atoms with Crippen LogP contribution in [0.1, 0.15) is 19.4 Å². The smallest absolute Gasteiger partial charge is 0.119 e. The zero-order valence-electron chi connectivity index (χ0n) is 11.2. The fourth-order valence-electron chi connectivity index (χ4n) is 1.63. The van der Waals surface area contributed by atoms with E-state index in [1.54, 1.807) is 7.11 Å². The van der Waals surface area contributed by atoms with Gasteiger partial charge in [-0.1, -0.05) is 36.4 Å². The number of hydrogen-bond donors (Lipinski definition) is 0. The summed E-state index contributed by atoms with van der Waals surface area (Å²) in [5.74, 6) is 0.825. The molecular weight excluding hydrogens is 244 g/mol. The van der Waals surface area contributed by atoms with E-state index in [1.165, 1.54) is 5.57 Å². The van der Waals surface area contributed by atoms with Gasteiger partial charge in [0.15, 0.2) is 0 Å². The predicted molar refractivity (Wildman–Crippen MR) is 79.4 cm³/mol. The summed E-state index contributed by atoms with van der Waals surface area (Å²) in [4.78, 5) is 0. The van der Waals surface area contributed by atoms with Crippen molar-refractivity contribution in [3.63, 3.8) is 0 Å². The summed E-state index contributed by atoms with van der Waals surface area (Å²) in [7, 11) is 1.65. The summed E-state index contributed by atoms with van der Waals surface area (Å²) < 4.78 is 5.20. The SMILES string of the molecule is C=CC(=CCc1cc(OC)ccc1Cl)C(C)=CC. The van der Waals surface area contributed by atoms with Gasteiger partial charge in [-0.2, -0.15) is 0 Å². The molecule has 0 unspecified atom stereocenters. The van der Waals surface area contributed by atoms with Crippen molar-refractivity contribution in [1.82, 2.24) is 0 Å². The van der Waals surface area contributed by atoms with Crippen LogP contribution >= 0.6 is 11.6 Å². The molecule has 96 valence electrons. The Kier molecular flexibility index (Phi) is 5.73. The van der Waals surface area contributed by atoms with Crippen molar-refractivity contribution in [3.8, 4) is 5.75 Å². The highest BCUT2D eigenvalue weighted by Crippen LogP contribution is 2.23. The second-order valence-corrected chi connectivity index (χ2v) is 4.40. The van der Waals surface area contributed by atoms with Gasteiger partial charge in [-0.15, -0.1) is 0 Å². The van der Waals surface area contributed by atoms with Crippen molar-refractivity contribution >= 4 is 11.6 Å². The highest BCUT2D eigenvalue weighted by Gasteiger charge is 2.02. The maximum absolute atomic E-state index is 6.17. The van der Waals surface area contributed by atoms with Gasteiger partial charge >= 0.3 is 0 Å². The fraction of sp³-hybridized carbons (Fsp3) is 0.250. The lowest BCUT2D eigenvalue weighted by Crippen LogP contribution is -1.89. The van der Waals surface area contributed by atoms with Crippen LogP contribution in [0, 0.1) is 0 Å². The lowest BCUT2D eigenvalue weighted by atomic mass is 10.0. The van der Waals surface area contributed by atoms with Gasteiger partial charge in [-0.3, -0.25) is 0 Å². The molecule has 0 saturated heterocycles. The number of ether oxygens (including phenoxy) is 1. The molecule has 0 N–H and O–H groups in total. The molecule has 0 fully saturated rings. The second-order valence-electron chi connectivity index (χ2n) is 4.00. The molecule has 1 nitrogen and oxygen atoms in total. The number of halogens is 1. The van der Waals surface area contributed by atoms with Crippen molar-refractivity contribution in [2.24, 2.45) is 0 Å². The van der Waals surface area contributed by atoms with Crippen molar-refractivity contribution in [2.45, 2.75) is 20.3 Å². The monoisotopic (exact) mass is 262 g/mol. The van der Waals surface area contributed by atoms with Crippen LogP contribution in [0.5, 0.6) is 5.75 Å². The van der Waals surface area contributed by atoms with E-state index in [4.69, 9.17) is 16.3 Å². The van der Waals surface area contributed by atoms with Gasteiger partial charge in [-0.25, -0.2) is 0 Å². The first-order valence-corrected chi connectivity index (χ1v) is 6.28. The summed E-state index contributed by atoms with van der Waals surface area (Å²) >= 11 is 6.17. The van der Waals surface area contributed by atoms with E-state index in [9.17, 15) is 0 Å². The van der Waals surface area contributed by atoms with Gasteiger partial charge in [0.05, 0.1) is 7.11 Å². The molecule has 0 aliphatic carbocycles. The average molecular weight is 263 g/mol. The molecule has 0 spiro atoms. The van der Waals surface area contributed by atoms with Gasteiger partial charge in [0.1, 0.15) is 5.75 Å². The van der Waals surface area contributed by atoms with Crippen molar-refractivity contribution in [2.75, 3.05) is 7.11 Å². The van der Waals surface area contributed by atoms with Crippen molar-refractivity contribution in [1.29, 1.82) is 0 Å². The molecule has 1 rings (SSSR count). The number of rotatable bonds is 5. The molecule has 18 heavy (non-hydrogen) atoms. The van der Waals surface area contributed by atoms with E-state index in [1.807, 2.05) is 31.2 Å². The molecule has 0 heterocycles. The summed E-state index contributed by atoms with van der Waals surface area (Å²) in [6.45, 7) is 7.92. The van der Waals surface area contributed by atoms with Crippen LogP contribution in [0.2, 0.25) is 5.02 Å². The van der Waals surface area contributed by atoms with Crippen LogP contribution in [0.3, 0.4) is 0 Å². The normalized spacial score (nSPS) is 12.4. The van der Waals surface area contributed by atoms with E-state index in [0.29, 0.717) is 0 Å². The van der Waals surface area contributed by atoms with E-state index in [2.05, 4.69) is 25.7 Å². The first kappa shape index (κ1) is 14.6. The van der Waals surface area contributed by atoms with Crippen LogP contribution in [-0.2, 0) is 6.42 Å². The molecule has 0 atom stereocenters. The van der Waals surface area contributed by atoms with Gasteiger partial charge in [0, 0.05) is 5.02 Å². The second kappa shape index (κ2) is 7.07. The van der Waals surface area contributed by atoms with Crippen LogP contribution in [-0.4, -0.2) is 7.11 Å². The Labute approximate surface area is 114 Å². The van der Waals surface area contributed by atoms with Gasteiger partial charge in [-0.05, 0) is 55.2 Å². The molecule has 0 amide bonds. The Bertz CT molecular complexity index is 484. The average Bonchev–Trinajstić information content (AvgIpc) is 2.40. The van der Waals surface area contributed by atoms with E-state index >= 15 is 0 Å². The lowest BCUT2D eigenvalue weighted by Gasteiger charge is -2.06. The molecule has 0 aliphatic rings. The van der Waals surface area contributed by atoms with Gasteiger partial charge in [0.2, 0.25) is 0 Å². The highest BCUT2D eigenvalue weighted by atomic mass is 35.5. The first-order valence-electron chi connectivity index (χ1n) is 5.90. The Hall–Kier alpha value is -1.47. The lowest BCUT2D eigenvalue weighted by molar-refractivity contribution is 0.414. The standard InChI is InChI=1S/C16H19ClO/c1-5-12(3)13(6-2)7-8-14-11-15(18-4)9-10-16(14)17/h5-7,9-11H,2,8H2,1,3-4H3. The number of methoxy groups -OCH3 is 1. The largest absolute Gasteiger partial charge is 0.497 e. The number of benzene rings is 1. The van der Waals surface area contributed by atoms with E-state index in [0.717, 1.165) is 28.3 Å². The summed E-state index contributed by atoms with van der Waals surface area (Å²) in [5.41, 5.74) is 3.40. The third kappa shape index (κ3) is 3.78. The first-order chi connectivity index (χ1) is 8.62. The topological polar surface area (TPSA) is 9.23 Å². The summed E-state index contributed by atoms with van der Waals surface area (Å²) in [5, 5.41) is 0.758. The third-order valence-electron chi connectivity index (χ3n) is 2.90. The minimum atomic E-state index is 0.758. The molecule has 2 heteroatoms. The quantitative estimate of drug-likeness (QED) is 0.681. The maximum Gasteiger partial charge on any atom is 0.119 e. The zero-order valence-corrected chi connectivity index (χ0v) is 11.9. The fourth-order valence-corrected chi connectivity index (χ4v) is 1.82. The highest BCUT2D eigenvalue weighted by molar-refractivity contribution is 6.31. The van der Waals surface area contributed by atoms with Crippen molar-refractivity contribution in [3.05, 3.63) is 64.7 Å². The minimum Gasteiger partial charge on any atom is -0.497 e. The Morgan fingerprint density at radius 3 is 2.72 bits per heavy atom. The molecule has 0 aromatic heterocycles. The summed E-state index contributed by atoms with van der Waals surface area (Å²) in [6.07, 6.45) is 6.83. The Morgan fingerprint density at radius 1 is 1.44 bits per heavy atom. The molecule has 1 aromatic carbocycles. The third-order valence-corrected chi connectivity index (χ3v) is 3.27. The zero-order chi connectivity index (χ0) is 13.5. The van der Waals surface area contributed by atoms with E-state index < -0.39 is 0 Å². The van der Waals surface area contributed by atoms with Gasteiger partial charge in [0.25, 0.3) is 0 Å². The molecular formula is C16H19ClO. The number of allylic oxidation sites excluding steroid dienone is 5. The minimum absolute atomic E-state index is 0.758. The summed E-state index contributed by atoms with van der Waals surface area (Å²) in [6, 6.07) is 5.69. The Balaban J connectivity index is 2.97. The van der Waals surface area contributed by atoms with Crippen LogP contribution in [0.25, 0.3) is 0 Å². The molecule has 0 saturated carbocycles. The molecule has 1 aromatic rings. The Morgan fingerprint density at radius 2 is 2.17 bits per heavy atom. The van der Waals surface area contributed by atoms with Crippen LogP contribution in [0.15, 0.2) is 54.2 Å².